The molecule has 1 N–H and O–H groups in total. The third-order valence-electron chi connectivity index (χ3n) is 4.36. The third-order valence-corrected chi connectivity index (χ3v) is 5.54. The number of hydrogen-bond donors (Lipinski definition) is 1. The lowest BCUT2D eigenvalue weighted by Gasteiger charge is -2.34. The topological polar surface area (TPSA) is 66.5 Å². The van der Waals surface area contributed by atoms with E-state index in [2.05, 4.69) is 5.32 Å². The third kappa shape index (κ3) is 5.79. The predicted molar refractivity (Wildman–Crippen MR) is 110 cm³/mol. The Morgan fingerprint density at radius 2 is 1.68 bits per heavy atom. The van der Waals surface area contributed by atoms with Crippen LogP contribution in [0.15, 0.2) is 54.6 Å². The molecule has 0 aliphatic carbocycles. The van der Waals surface area contributed by atoms with Gasteiger partial charge in [0, 0.05) is 5.54 Å². The summed E-state index contributed by atoms with van der Waals surface area (Å²) in [5.74, 6) is -0.864. The first-order valence-corrected chi connectivity index (χ1v) is 11.0. The molecule has 2 aromatic carbocycles. The molecule has 1 unspecified atom stereocenters. The van der Waals surface area contributed by atoms with E-state index in [-0.39, 0.29) is 12.1 Å². The van der Waals surface area contributed by atoms with Crippen LogP contribution in [0, 0.1) is 5.82 Å². The second-order valence-electron chi connectivity index (χ2n) is 7.49. The smallest absolute Gasteiger partial charge is 0.244 e. The predicted octanol–water partition coefficient (Wildman–Crippen LogP) is 3.51. The maximum Gasteiger partial charge on any atom is 0.244 e. The Hall–Kier alpha value is -2.41. The molecule has 0 bridgehead atoms. The van der Waals surface area contributed by atoms with E-state index in [0.29, 0.717) is 6.42 Å². The van der Waals surface area contributed by atoms with Crippen molar-refractivity contribution in [3.63, 3.8) is 0 Å². The summed E-state index contributed by atoms with van der Waals surface area (Å²) in [6.07, 6.45) is 1.92. The molecular weight excluding hydrogens is 379 g/mol. The lowest BCUT2D eigenvalue weighted by molar-refractivity contribution is -0.123. The molecule has 0 saturated carbocycles. The number of sulfonamides is 1. The molecule has 0 fully saturated rings. The maximum atomic E-state index is 13.3. The molecule has 0 radical (unpaired) electrons. The molecule has 7 heteroatoms. The summed E-state index contributed by atoms with van der Waals surface area (Å²) >= 11 is 0. The zero-order chi connectivity index (χ0) is 20.9. The van der Waals surface area contributed by atoms with Gasteiger partial charge in [0.15, 0.2) is 0 Å². The highest BCUT2D eigenvalue weighted by molar-refractivity contribution is 7.92. The first-order valence-electron chi connectivity index (χ1n) is 9.14. The first kappa shape index (κ1) is 21.9. The second kappa shape index (κ2) is 8.73. The van der Waals surface area contributed by atoms with E-state index < -0.39 is 33.3 Å². The number of amides is 1. The second-order valence-corrected chi connectivity index (χ2v) is 9.35. The summed E-state index contributed by atoms with van der Waals surface area (Å²) in [6, 6.07) is 13.9. The van der Waals surface area contributed by atoms with Gasteiger partial charge in [-0.15, -0.1) is 0 Å². The molecule has 2 aromatic rings. The van der Waals surface area contributed by atoms with Crippen LogP contribution in [0.25, 0.3) is 0 Å². The van der Waals surface area contributed by atoms with Gasteiger partial charge in [-0.25, -0.2) is 12.8 Å². The van der Waals surface area contributed by atoms with Gasteiger partial charge in [0.1, 0.15) is 11.9 Å². The van der Waals surface area contributed by atoms with Gasteiger partial charge in [-0.05, 0) is 56.5 Å². The lowest BCUT2D eigenvalue weighted by Crippen LogP contribution is -2.55. The van der Waals surface area contributed by atoms with Crippen molar-refractivity contribution in [3.05, 3.63) is 66.0 Å². The fourth-order valence-corrected chi connectivity index (χ4v) is 4.43. The molecule has 2 rings (SSSR count). The normalized spacial score (nSPS) is 13.0. The molecule has 1 atom stereocenters. The van der Waals surface area contributed by atoms with E-state index >= 15 is 0 Å². The molecule has 28 heavy (non-hydrogen) atoms. The molecule has 0 spiro atoms. The van der Waals surface area contributed by atoms with E-state index in [9.17, 15) is 17.6 Å². The Morgan fingerprint density at radius 3 is 2.18 bits per heavy atom. The number of nitrogens with one attached hydrogen (secondary N) is 1. The Balaban J connectivity index is 2.27. The SMILES string of the molecule is CCC(C(=O)NC(C)(C)Cc1ccccc1)N(c1ccc(F)cc1)S(C)(=O)=O. The van der Waals surface area contributed by atoms with E-state index in [1.54, 1.807) is 6.92 Å². The van der Waals surface area contributed by atoms with Gasteiger partial charge in [-0.2, -0.15) is 0 Å². The molecule has 0 saturated heterocycles. The van der Waals surface area contributed by atoms with Crippen molar-refractivity contribution >= 4 is 21.6 Å². The van der Waals surface area contributed by atoms with Gasteiger partial charge in [0.25, 0.3) is 0 Å². The van der Waals surface area contributed by atoms with Crippen LogP contribution in [-0.4, -0.2) is 32.2 Å². The van der Waals surface area contributed by atoms with Crippen molar-refractivity contribution in [1.82, 2.24) is 5.32 Å². The minimum absolute atomic E-state index is 0.256. The number of benzene rings is 2. The van der Waals surface area contributed by atoms with Crippen molar-refractivity contribution in [3.8, 4) is 0 Å². The Kier molecular flexibility index (Phi) is 6.82. The van der Waals surface area contributed by atoms with Gasteiger partial charge >= 0.3 is 0 Å². The summed E-state index contributed by atoms with van der Waals surface area (Å²) < 4.78 is 39.2. The average molecular weight is 407 g/mol. The van der Waals surface area contributed by atoms with Crippen LogP contribution in [0.2, 0.25) is 0 Å². The highest BCUT2D eigenvalue weighted by Gasteiger charge is 2.34. The monoisotopic (exact) mass is 406 g/mol. The zero-order valence-corrected chi connectivity index (χ0v) is 17.5. The maximum absolute atomic E-state index is 13.3. The van der Waals surface area contributed by atoms with Crippen molar-refractivity contribution in [1.29, 1.82) is 0 Å². The summed E-state index contributed by atoms with van der Waals surface area (Å²) in [4.78, 5) is 13.0. The van der Waals surface area contributed by atoms with Gasteiger partial charge in [-0.3, -0.25) is 9.10 Å². The van der Waals surface area contributed by atoms with E-state index in [1.165, 1.54) is 24.3 Å². The van der Waals surface area contributed by atoms with Crippen molar-refractivity contribution < 1.29 is 17.6 Å². The molecule has 0 aromatic heterocycles. The van der Waals surface area contributed by atoms with Crippen LogP contribution in [0.5, 0.6) is 0 Å². The molecule has 1 amide bonds. The highest BCUT2D eigenvalue weighted by atomic mass is 32.2. The van der Waals surface area contributed by atoms with Gasteiger partial charge in [0.05, 0.1) is 11.9 Å². The Bertz CT molecular complexity index is 897. The van der Waals surface area contributed by atoms with E-state index in [0.717, 1.165) is 16.1 Å². The van der Waals surface area contributed by atoms with Crippen LogP contribution in [0.1, 0.15) is 32.8 Å². The standard InChI is InChI=1S/C21H27FN2O3S/c1-5-19(24(28(4,26)27)18-13-11-17(22)12-14-18)20(25)23-21(2,3)15-16-9-7-6-8-10-16/h6-14,19H,5,15H2,1-4H3,(H,23,25). The largest absolute Gasteiger partial charge is 0.349 e. The van der Waals surface area contributed by atoms with Crippen molar-refractivity contribution in [2.24, 2.45) is 0 Å². The number of carbonyl (C=O) groups excluding carboxylic acids is 1. The molecular formula is C21H27FN2O3S. The van der Waals surface area contributed by atoms with E-state index in [1.807, 2.05) is 44.2 Å². The number of halogens is 1. The zero-order valence-electron chi connectivity index (χ0n) is 16.6. The van der Waals surface area contributed by atoms with Crippen LogP contribution in [-0.2, 0) is 21.2 Å². The number of rotatable bonds is 8. The van der Waals surface area contributed by atoms with Gasteiger partial charge < -0.3 is 5.32 Å². The minimum Gasteiger partial charge on any atom is -0.349 e. The molecule has 0 aliphatic heterocycles. The van der Waals surface area contributed by atoms with Crippen LogP contribution >= 0.6 is 0 Å². The summed E-state index contributed by atoms with van der Waals surface area (Å²) in [6.45, 7) is 5.54. The Morgan fingerprint density at radius 1 is 1.11 bits per heavy atom. The molecule has 0 aliphatic rings. The van der Waals surface area contributed by atoms with Crippen molar-refractivity contribution in [2.75, 3.05) is 10.6 Å². The summed E-state index contributed by atoms with van der Waals surface area (Å²) in [5, 5.41) is 2.97. The Labute approximate surface area is 166 Å². The molecule has 0 heterocycles. The number of hydrogen-bond acceptors (Lipinski definition) is 3. The van der Waals surface area contributed by atoms with Crippen LogP contribution < -0.4 is 9.62 Å². The fraction of sp³-hybridized carbons (Fsp3) is 0.381. The van der Waals surface area contributed by atoms with Crippen LogP contribution in [0.4, 0.5) is 10.1 Å². The minimum atomic E-state index is -3.75. The molecule has 5 nitrogen and oxygen atoms in total. The summed E-state index contributed by atoms with van der Waals surface area (Å²) in [5.41, 5.74) is 0.754. The van der Waals surface area contributed by atoms with Gasteiger partial charge in [0.2, 0.25) is 15.9 Å². The number of carbonyl (C=O) groups is 1. The number of nitrogens with zero attached hydrogens (tertiary/aromatic N) is 1. The van der Waals surface area contributed by atoms with E-state index in [4.69, 9.17) is 0 Å². The van der Waals surface area contributed by atoms with Gasteiger partial charge in [-0.1, -0.05) is 37.3 Å². The van der Waals surface area contributed by atoms with Crippen LogP contribution in [0.3, 0.4) is 0 Å². The quantitative estimate of drug-likeness (QED) is 0.730. The fourth-order valence-electron chi connectivity index (χ4n) is 3.22. The lowest BCUT2D eigenvalue weighted by atomic mass is 9.94. The summed E-state index contributed by atoms with van der Waals surface area (Å²) in [7, 11) is -3.75. The highest BCUT2D eigenvalue weighted by Crippen LogP contribution is 2.23. The number of anilines is 1. The first-order chi connectivity index (χ1) is 13.0. The average Bonchev–Trinajstić information content (AvgIpc) is 2.59. The molecule has 152 valence electrons. The van der Waals surface area contributed by atoms with Crippen molar-refractivity contribution in [2.45, 2.75) is 45.2 Å².